The lowest BCUT2D eigenvalue weighted by Gasteiger charge is -2.08. The molecule has 0 atom stereocenters. The summed E-state index contributed by atoms with van der Waals surface area (Å²) in [5.74, 6) is -0.151. The molecule has 7 heteroatoms. The van der Waals surface area contributed by atoms with E-state index in [2.05, 4.69) is 26.3 Å². The molecule has 3 aromatic rings. The van der Waals surface area contributed by atoms with Gasteiger partial charge in [0.05, 0.1) is 18.2 Å². The highest BCUT2D eigenvalue weighted by Gasteiger charge is 2.04. The van der Waals surface area contributed by atoms with Crippen molar-refractivity contribution in [3.63, 3.8) is 0 Å². The molecule has 1 heterocycles. The maximum atomic E-state index is 12.0. The van der Waals surface area contributed by atoms with Crippen molar-refractivity contribution >= 4 is 28.8 Å². The summed E-state index contributed by atoms with van der Waals surface area (Å²) in [4.78, 5) is 12.0. The van der Waals surface area contributed by atoms with Crippen LogP contribution in [0.5, 0.6) is 0 Å². The van der Waals surface area contributed by atoms with E-state index in [1.165, 1.54) is 11.5 Å². The normalized spacial score (nSPS) is 9.96. The lowest BCUT2D eigenvalue weighted by Crippen LogP contribution is -2.21. The van der Waals surface area contributed by atoms with Crippen LogP contribution < -0.4 is 10.6 Å². The van der Waals surface area contributed by atoms with Crippen LogP contribution in [0.3, 0.4) is 0 Å². The van der Waals surface area contributed by atoms with Gasteiger partial charge < -0.3 is 10.6 Å². The number of amides is 1. The molecule has 24 heavy (non-hydrogen) atoms. The molecule has 2 N–H and O–H groups in total. The van der Waals surface area contributed by atoms with Crippen LogP contribution in [0.1, 0.15) is 5.56 Å². The minimum Gasteiger partial charge on any atom is -0.376 e. The number of benzene rings is 2. The summed E-state index contributed by atoms with van der Waals surface area (Å²) in [7, 11) is 0. The standard InChI is InChI=1S/C17H13N5OS/c18-9-12-1-5-14(6-2-12)19-10-17(23)20-15-7-3-13(4-8-15)16-11-24-22-21-16/h1-8,11,19H,10H2,(H,20,23). The average molecular weight is 335 g/mol. The molecule has 118 valence electrons. The van der Waals surface area contributed by atoms with Crippen LogP contribution in [-0.4, -0.2) is 22.0 Å². The number of nitriles is 1. The molecule has 0 aliphatic heterocycles. The van der Waals surface area contributed by atoms with Gasteiger partial charge in [-0.2, -0.15) is 5.26 Å². The van der Waals surface area contributed by atoms with Crippen LogP contribution in [0.4, 0.5) is 11.4 Å². The topological polar surface area (TPSA) is 90.7 Å². The smallest absolute Gasteiger partial charge is 0.243 e. The molecule has 0 fully saturated rings. The van der Waals surface area contributed by atoms with Gasteiger partial charge in [0.15, 0.2) is 0 Å². The number of hydrogen-bond acceptors (Lipinski definition) is 6. The molecule has 0 saturated heterocycles. The van der Waals surface area contributed by atoms with E-state index in [-0.39, 0.29) is 12.5 Å². The van der Waals surface area contributed by atoms with Crippen molar-refractivity contribution in [1.82, 2.24) is 9.59 Å². The first kappa shape index (κ1) is 15.6. The predicted molar refractivity (Wildman–Crippen MR) is 93.6 cm³/mol. The third-order valence-electron chi connectivity index (χ3n) is 3.29. The number of nitrogens with one attached hydrogen (secondary N) is 2. The van der Waals surface area contributed by atoms with E-state index in [1.807, 2.05) is 29.6 Å². The lowest BCUT2D eigenvalue weighted by atomic mass is 10.1. The minimum absolute atomic E-state index is 0.143. The van der Waals surface area contributed by atoms with Crippen molar-refractivity contribution < 1.29 is 4.79 Å². The Kier molecular flexibility index (Phi) is 4.79. The molecule has 0 aliphatic rings. The monoisotopic (exact) mass is 335 g/mol. The van der Waals surface area contributed by atoms with Crippen LogP contribution >= 0.6 is 11.5 Å². The Morgan fingerprint density at radius 2 is 1.79 bits per heavy atom. The van der Waals surface area contributed by atoms with Crippen LogP contribution in [0.15, 0.2) is 53.9 Å². The van der Waals surface area contributed by atoms with Crippen LogP contribution in [0, 0.1) is 11.3 Å². The quantitative estimate of drug-likeness (QED) is 0.747. The molecule has 1 amide bonds. The Morgan fingerprint density at radius 1 is 1.08 bits per heavy atom. The summed E-state index contributed by atoms with van der Waals surface area (Å²) in [5, 5.41) is 20.5. The fraction of sp³-hybridized carbons (Fsp3) is 0.0588. The Hall–Kier alpha value is -3.24. The third kappa shape index (κ3) is 3.94. The summed E-state index contributed by atoms with van der Waals surface area (Å²) in [6, 6.07) is 16.4. The van der Waals surface area contributed by atoms with E-state index in [1.54, 1.807) is 24.3 Å². The summed E-state index contributed by atoms with van der Waals surface area (Å²) in [6.45, 7) is 0.143. The van der Waals surface area contributed by atoms with E-state index >= 15 is 0 Å². The number of anilines is 2. The number of carbonyl (C=O) groups excluding carboxylic acids is 1. The number of rotatable bonds is 5. The van der Waals surface area contributed by atoms with E-state index in [4.69, 9.17) is 5.26 Å². The van der Waals surface area contributed by atoms with Gasteiger partial charge in [-0.1, -0.05) is 16.6 Å². The van der Waals surface area contributed by atoms with E-state index in [0.717, 1.165) is 16.9 Å². The largest absolute Gasteiger partial charge is 0.376 e. The molecular weight excluding hydrogens is 322 g/mol. The maximum Gasteiger partial charge on any atom is 0.243 e. The second kappa shape index (κ2) is 7.35. The van der Waals surface area contributed by atoms with Gasteiger partial charge in [0.25, 0.3) is 0 Å². The number of aromatic nitrogens is 2. The van der Waals surface area contributed by atoms with Crippen molar-refractivity contribution in [3.05, 3.63) is 59.5 Å². The highest BCUT2D eigenvalue weighted by Crippen LogP contribution is 2.20. The van der Waals surface area contributed by atoms with Crippen LogP contribution in [0.2, 0.25) is 0 Å². The highest BCUT2D eigenvalue weighted by molar-refractivity contribution is 7.03. The van der Waals surface area contributed by atoms with Crippen molar-refractivity contribution in [2.75, 3.05) is 17.2 Å². The molecule has 3 rings (SSSR count). The second-order valence-corrected chi connectivity index (χ2v) is 5.57. The summed E-state index contributed by atoms with van der Waals surface area (Å²) in [5.41, 5.74) is 3.86. The third-order valence-corrected chi connectivity index (χ3v) is 3.80. The molecule has 0 spiro atoms. The molecule has 0 saturated carbocycles. The fourth-order valence-electron chi connectivity index (χ4n) is 2.06. The maximum absolute atomic E-state index is 12.0. The zero-order valence-electron chi connectivity index (χ0n) is 12.6. The Morgan fingerprint density at radius 3 is 2.42 bits per heavy atom. The first-order valence-electron chi connectivity index (χ1n) is 7.16. The van der Waals surface area contributed by atoms with Gasteiger partial charge in [0.2, 0.25) is 5.91 Å². The zero-order valence-corrected chi connectivity index (χ0v) is 13.4. The molecular formula is C17H13N5OS. The highest BCUT2D eigenvalue weighted by atomic mass is 32.1. The number of hydrogen-bond donors (Lipinski definition) is 2. The fourth-order valence-corrected chi connectivity index (χ4v) is 2.53. The second-order valence-electron chi connectivity index (χ2n) is 4.96. The van der Waals surface area contributed by atoms with E-state index in [9.17, 15) is 4.79 Å². The first-order valence-corrected chi connectivity index (χ1v) is 7.99. The van der Waals surface area contributed by atoms with Gasteiger partial charge in [-0.3, -0.25) is 4.79 Å². The SMILES string of the molecule is N#Cc1ccc(NCC(=O)Nc2ccc(-c3csnn3)cc2)cc1. The average Bonchev–Trinajstić information content (AvgIpc) is 3.16. The lowest BCUT2D eigenvalue weighted by molar-refractivity contribution is -0.114. The first-order chi connectivity index (χ1) is 11.7. The Labute approximate surface area is 142 Å². The summed E-state index contributed by atoms with van der Waals surface area (Å²) in [6.07, 6.45) is 0. The summed E-state index contributed by atoms with van der Waals surface area (Å²) >= 11 is 1.30. The number of carbonyl (C=O) groups is 1. The molecule has 1 aromatic heterocycles. The molecule has 0 unspecified atom stereocenters. The van der Waals surface area contributed by atoms with Gasteiger partial charge in [-0.15, -0.1) is 5.10 Å². The van der Waals surface area contributed by atoms with Crippen molar-refractivity contribution in [3.8, 4) is 17.3 Å². The Bertz CT molecular complexity index is 852. The van der Waals surface area contributed by atoms with Gasteiger partial charge in [0.1, 0.15) is 5.69 Å². The van der Waals surface area contributed by atoms with Crippen LogP contribution in [0.25, 0.3) is 11.3 Å². The van der Waals surface area contributed by atoms with Crippen molar-refractivity contribution in [2.24, 2.45) is 0 Å². The molecule has 0 radical (unpaired) electrons. The zero-order chi connectivity index (χ0) is 16.8. The van der Waals surface area contributed by atoms with Gasteiger partial charge in [-0.05, 0) is 47.9 Å². The van der Waals surface area contributed by atoms with Crippen molar-refractivity contribution in [2.45, 2.75) is 0 Å². The van der Waals surface area contributed by atoms with Gasteiger partial charge in [-0.25, -0.2) is 0 Å². The van der Waals surface area contributed by atoms with E-state index < -0.39 is 0 Å². The predicted octanol–water partition coefficient (Wildman–Crippen LogP) is 3.13. The van der Waals surface area contributed by atoms with Gasteiger partial charge >= 0.3 is 0 Å². The Balaban J connectivity index is 1.53. The molecule has 2 aromatic carbocycles. The van der Waals surface area contributed by atoms with Crippen molar-refractivity contribution in [1.29, 1.82) is 5.26 Å². The molecule has 0 bridgehead atoms. The van der Waals surface area contributed by atoms with Crippen LogP contribution in [-0.2, 0) is 4.79 Å². The molecule has 0 aliphatic carbocycles. The minimum atomic E-state index is -0.151. The summed E-state index contributed by atoms with van der Waals surface area (Å²) < 4.78 is 3.83. The van der Waals surface area contributed by atoms with E-state index in [0.29, 0.717) is 11.3 Å². The number of nitrogens with zero attached hydrogens (tertiary/aromatic N) is 3. The van der Waals surface area contributed by atoms with Gasteiger partial charge in [0, 0.05) is 22.3 Å². The molecule has 6 nitrogen and oxygen atoms in total.